The molecule has 9 heteroatoms. The number of benzene rings is 2. The zero-order valence-electron chi connectivity index (χ0n) is 23.9. The number of rotatable bonds is 9. The molecule has 2 aliphatic rings. The van der Waals surface area contributed by atoms with Crippen LogP contribution in [0.1, 0.15) is 69.3 Å². The fourth-order valence-electron chi connectivity index (χ4n) is 5.79. The molecule has 0 radical (unpaired) electrons. The number of halogens is 3. The van der Waals surface area contributed by atoms with E-state index < -0.39 is 11.6 Å². The first-order valence-electron chi connectivity index (χ1n) is 14.5. The Morgan fingerprint density at radius 3 is 2.54 bits per heavy atom. The van der Waals surface area contributed by atoms with Crippen molar-refractivity contribution in [1.29, 1.82) is 0 Å². The highest BCUT2D eigenvalue weighted by Crippen LogP contribution is 2.39. The summed E-state index contributed by atoms with van der Waals surface area (Å²) >= 11 is 0. The molecular weight excluding hydrogens is 529 g/mol. The molecule has 1 saturated heterocycles. The van der Waals surface area contributed by atoms with Crippen LogP contribution in [0, 0.1) is 17.5 Å². The lowest BCUT2D eigenvalue weighted by Crippen LogP contribution is -2.38. The van der Waals surface area contributed by atoms with Gasteiger partial charge in [-0.1, -0.05) is 19.1 Å². The fourth-order valence-corrected chi connectivity index (χ4v) is 5.79. The van der Waals surface area contributed by atoms with Crippen LogP contribution in [0.15, 0.2) is 36.5 Å². The maximum absolute atomic E-state index is 15.2. The Morgan fingerprint density at radius 1 is 1.05 bits per heavy atom. The van der Waals surface area contributed by atoms with E-state index >= 15 is 8.78 Å². The minimum absolute atomic E-state index is 0.00420. The molecule has 0 atom stereocenters. The maximum atomic E-state index is 15.2. The van der Waals surface area contributed by atoms with Gasteiger partial charge in [0.15, 0.2) is 17.4 Å². The summed E-state index contributed by atoms with van der Waals surface area (Å²) < 4.78 is 50.7. The van der Waals surface area contributed by atoms with E-state index in [9.17, 15) is 9.18 Å². The summed E-state index contributed by atoms with van der Waals surface area (Å²) in [6.07, 6.45) is 4.12. The topological polar surface area (TPSA) is 58.6 Å². The highest BCUT2D eigenvalue weighted by molar-refractivity contribution is 5.78. The second-order valence-corrected chi connectivity index (χ2v) is 11.2. The number of carbonyl (C=O) groups excluding carboxylic acids is 1. The number of ketones is 1. The molecule has 6 nitrogen and oxygen atoms in total. The average Bonchev–Trinajstić information content (AvgIpc) is 2.97. The SMILES string of the molecule is CCC(=O)CCN1CCC(c2ccc(Cc3ncc(F)c(-c4cc(F)c5c(c4)N(C(C)C)CCO5)n3)cc2F)CC1. The van der Waals surface area contributed by atoms with Gasteiger partial charge < -0.3 is 14.5 Å². The number of nitrogens with zero attached hydrogens (tertiary/aromatic N) is 4. The number of likely N-dealkylation sites (tertiary alicyclic amines) is 1. The third-order valence-corrected chi connectivity index (χ3v) is 8.16. The van der Waals surface area contributed by atoms with Crippen molar-refractivity contribution >= 4 is 11.5 Å². The Morgan fingerprint density at radius 2 is 1.83 bits per heavy atom. The third-order valence-electron chi connectivity index (χ3n) is 8.16. The molecule has 2 aliphatic heterocycles. The van der Waals surface area contributed by atoms with Gasteiger partial charge >= 0.3 is 0 Å². The number of carbonyl (C=O) groups is 1. The van der Waals surface area contributed by atoms with E-state index in [2.05, 4.69) is 14.9 Å². The normalized spacial score (nSPS) is 16.1. The number of piperidine rings is 1. The molecule has 5 rings (SSSR count). The predicted octanol–water partition coefficient (Wildman–Crippen LogP) is 6.31. The molecule has 1 fully saturated rings. The summed E-state index contributed by atoms with van der Waals surface area (Å²) in [5.41, 5.74) is 2.23. The Hall–Kier alpha value is -3.46. The van der Waals surface area contributed by atoms with Crippen LogP contribution in [0.3, 0.4) is 0 Å². The molecule has 0 spiro atoms. The molecule has 0 bridgehead atoms. The van der Waals surface area contributed by atoms with Crippen LogP contribution in [-0.4, -0.2) is 59.5 Å². The van der Waals surface area contributed by atoms with Crippen molar-refractivity contribution < 1.29 is 22.7 Å². The van der Waals surface area contributed by atoms with E-state index in [1.807, 2.05) is 37.8 Å². The van der Waals surface area contributed by atoms with Gasteiger partial charge in [0.2, 0.25) is 0 Å². The van der Waals surface area contributed by atoms with Gasteiger partial charge in [0, 0.05) is 37.4 Å². The van der Waals surface area contributed by atoms with E-state index in [1.54, 1.807) is 6.07 Å². The van der Waals surface area contributed by atoms with Crippen molar-refractivity contribution in [2.45, 2.75) is 64.8 Å². The van der Waals surface area contributed by atoms with Crippen molar-refractivity contribution in [1.82, 2.24) is 14.9 Å². The smallest absolute Gasteiger partial charge is 0.178 e. The summed E-state index contributed by atoms with van der Waals surface area (Å²) in [5.74, 6) is -0.615. The fraction of sp³-hybridized carbons (Fsp3) is 0.469. The first kappa shape index (κ1) is 29.0. The molecule has 218 valence electrons. The quantitative estimate of drug-likeness (QED) is 0.303. The molecule has 0 N–H and O–H groups in total. The molecule has 2 aromatic carbocycles. The third kappa shape index (κ3) is 6.56. The summed E-state index contributed by atoms with van der Waals surface area (Å²) in [7, 11) is 0. The number of anilines is 1. The van der Waals surface area contributed by atoms with Crippen molar-refractivity contribution in [3.8, 4) is 17.0 Å². The molecule has 0 aliphatic carbocycles. The van der Waals surface area contributed by atoms with Gasteiger partial charge in [-0.15, -0.1) is 0 Å². The second-order valence-electron chi connectivity index (χ2n) is 11.2. The van der Waals surface area contributed by atoms with Gasteiger partial charge in [-0.25, -0.2) is 23.1 Å². The van der Waals surface area contributed by atoms with Crippen LogP contribution >= 0.6 is 0 Å². The summed E-state index contributed by atoms with van der Waals surface area (Å²) in [5, 5.41) is 0. The Bertz CT molecular complexity index is 1410. The number of aromatic nitrogens is 2. The monoisotopic (exact) mass is 566 g/mol. The number of Topliss-reactive ketones (excluding diaryl/α,β-unsaturated/α-hetero) is 1. The molecule has 41 heavy (non-hydrogen) atoms. The maximum Gasteiger partial charge on any atom is 0.178 e. The van der Waals surface area contributed by atoms with Gasteiger partial charge in [-0.2, -0.15) is 0 Å². The number of ether oxygens (including phenoxy) is 1. The lowest BCUT2D eigenvalue weighted by atomic mass is 9.88. The van der Waals surface area contributed by atoms with Gasteiger partial charge in [-0.3, -0.25) is 4.79 Å². The average molecular weight is 567 g/mol. The van der Waals surface area contributed by atoms with Crippen LogP contribution in [0.25, 0.3) is 11.3 Å². The van der Waals surface area contributed by atoms with E-state index in [-0.39, 0.29) is 41.4 Å². The van der Waals surface area contributed by atoms with Gasteiger partial charge in [0.25, 0.3) is 0 Å². The number of fused-ring (bicyclic) bond motifs is 1. The van der Waals surface area contributed by atoms with Crippen molar-refractivity contribution in [3.63, 3.8) is 0 Å². The molecule has 0 saturated carbocycles. The zero-order chi connectivity index (χ0) is 29.1. The highest BCUT2D eigenvalue weighted by Gasteiger charge is 2.26. The van der Waals surface area contributed by atoms with Gasteiger partial charge in [0.05, 0.1) is 18.4 Å². The zero-order valence-corrected chi connectivity index (χ0v) is 23.9. The summed E-state index contributed by atoms with van der Waals surface area (Å²) in [6.45, 7) is 9.34. The van der Waals surface area contributed by atoms with E-state index in [0.717, 1.165) is 38.7 Å². The number of hydrogen-bond donors (Lipinski definition) is 0. The lowest BCUT2D eigenvalue weighted by molar-refractivity contribution is -0.119. The minimum Gasteiger partial charge on any atom is -0.486 e. The lowest BCUT2D eigenvalue weighted by Gasteiger charge is -2.34. The molecule has 3 heterocycles. The Kier molecular flexibility index (Phi) is 8.92. The molecule has 0 amide bonds. The predicted molar refractivity (Wildman–Crippen MR) is 153 cm³/mol. The van der Waals surface area contributed by atoms with Crippen LogP contribution in [0.5, 0.6) is 5.75 Å². The van der Waals surface area contributed by atoms with Crippen molar-refractivity contribution in [2.24, 2.45) is 0 Å². The van der Waals surface area contributed by atoms with E-state index in [4.69, 9.17) is 4.74 Å². The van der Waals surface area contributed by atoms with Crippen LogP contribution in [0.4, 0.5) is 18.9 Å². The first-order chi connectivity index (χ1) is 19.7. The van der Waals surface area contributed by atoms with E-state index in [1.165, 1.54) is 12.1 Å². The second kappa shape index (κ2) is 12.6. The highest BCUT2D eigenvalue weighted by atomic mass is 19.1. The Labute approximate surface area is 239 Å². The van der Waals surface area contributed by atoms with Gasteiger partial charge in [-0.05, 0) is 75.0 Å². The molecule has 0 unspecified atom stereocenters. The molecular formula is C32H37F3N4O2. The summed E-state index contributed by atoms with van der Waals surface area (Å²) in [6, 6.07) is 8.25. The van der Waals surface area contributed by atoms with Crippen molar-refractivity contribution in [3.05, 3.63) is 70.9 Å². The largest absolute Gasteiger partial charge is 0.486 e. The van der Waals surface area contributed by atoms with Crippen LogP contribution in [-0.2, 0) is 11.2 Å². The molecule has 3 aromatic rings. The Balaban J connectivity index is 1.30. The minimum atomic E-state index is -0.659. The summed E-state index contributed by atoms with van der Waals surface area (Å²) in [4.78, 5) is 24.5. The standard InChI is InChI=1S/C32H37F3N4O2/c1-4-24(40)9-12-38-10-7-22(8-11-38)25-6-5-21(15-26(25)33)16-30-36-19-28(35)31(37-30)23-17-27(34)32-29(18-23)39(20(2)3)13-14-41-32/h5-6,15,17-20,22H,4,7-14,16H2,1-3H3. The van der Waals surface area contributed by atoms with Crippen LogP contribution in [0.2, 0.25) is 0 Å². The van der Waals surface area contributed by atoms with E-state index in [0.29, 0.717) is 54.2 Å². The van der Waals surface area contributed by atoms with Crippen molar-refractivity contribution in [2.75, 3.05) is 37.7 Å². The molecule has 1 aromatic heterocycles. The number of hydrogen-bond acceptors (Lipinski definition) is 6. The van der Waals surface area contributed by atoms with Gasteiger partial charge in [0.1, 0.15) is 29.7 Å². The van der Waals surface area contributed by atoms with Crippen LogP contribution < -0.4 is 9.64 Å². The first-order valence-corrected chi connectivity index (χ1v) is 14.5.